The van der Waals surface area contributed by atoms with E-state index in [1.165, 1.54) is 22.3 Å². The lowest BCUT2D eigenvalue weighted by Crippen LogP contribution is -2.41. The zero-order valence-electron chi connectivity index (χ0n) is 14.4. The number of nitrogens with zero attached hydrogens (tertiary/aromatic N) is 1. The van der Waals surface area contributed by atoms with E-state index in [1.807, 2.05) is 11.0 Å². The monoisotopic (exact) mass is 297 g/mol. The Hall–Kier alpha value is -1.83. The molecular weight excluding hydrogens is 270 g/mol. The van der Waals surface area contributed by atoms with Gasteiger partial charge in [0.1, 0.15) is 0 Å². The van der Waals surface area contributed by atoms with E-state index in [0.717, 1.165) is 12.8 Å². The first-order valence-corrected chi connectivity index (χ1v) is 8.20. The maximum absolute atomic E-state index is 12.4. The molecule has 22 heavy (non-hydrogen) atoms. The molecule has 0 N–H and O–H groups in total. The van der Waals surface area contributed by atoms with Gasteiger partial charge in [-0.05, 0) is 69.7 Å². The van der Waals surface area contributed by atoms with Crippen LogP contribution < -0.4 is 0 Å². The summed E-state index contributed by atoms with van der Waals surface area (Å²) in [5.41, 5.74) is 5.31. The predicted molar refractivity (Wildman–Crippen MR) is 93.6 cm³/mol. The number of rotatable bonds is 4. The first-order valence-electron chi connectivity index (χ1n) is 8.20. The minimum Gasteiger partial charge on any atom is -0.334 e. The Kier molecular flexibility index (Phi) is 5.23. The highest BCUT2D eigenvalue weighted by Crippen LogP contribution is 2.31. The molecule has 2 nitrogen and oxygen atoms in total. The highest BCUT2D eigenvalue weighted by molar-refractivity contribution is 5.89. The van der Waals surface area contributed by atoms with E-state index >= 15 is 0 Å². The van der Waals surface area contributed by atoms with Gasteiger partial charge in [0.25, 0.3) is 0 Å². The fourth-order valence-electron chi connectivity index (χ4n) is 3.31. The van der Waals surface area contributed by atoms with Crippen molar-refractivity contribution in [3.8, 4) is 0 Å². The normalized spacial score (nSPS) is 14.9. The summed E-state index contributed by atoms with van der Waals surface area (Å²) in [5.74, 6) is 0.101. The van der Waals surface area contributed by atoms with E-state index in [0.29, 0.717) is 0 Å². The molecule has 1 aromatic rings. The third-order valence-electron chi connectivity index (χ3n) is 4.36. The van der Waals surface area contributed by atoms with Gasteiger partial charge in [-0.15, -0.1) is 0 Å². The maximum Gasteiger partial charge on any atom is 0.247 e. The highest BCUT2D eigenvalue weighted by Gasteiger charge is 2.18. The Morgan fingerprint density at radius 2 is 1.73 bits per heavy atom. The molecule has 0 aromatic heterocycles. The number of allylic oxidation sites excluding steroid dienone is 3. The van der Waals surface area contributed by atoms with E-state index in [4.69, 9.17) is 0 Å². The summed E-state index contributed by atoms with van der Waals surface area (Å²) in [6.07, 6.45) is 5.83. The Morgan fingerprint density at radius 3 is 2.36 bits per heavy atom. The molecule has 2 rings (SSSR count). The third-order valence-corrected chi connectivity index (χ3v) is 4.36. The zero-order chi connectivity index (χ0) is 16.3. The van der Waals surface area contributed by atoms with Crippen LogP contribution in [0.2, 0.25) is 0 Å². The van der Waals surface area contributed by atoms with Crippen molar-refractivity contribution in [1.82, 2.24) is 4.90 Å². The van der Waals surface area contributed by atoms with E-state index in [-0.39, 0.29) is 18.0 Å². The quantitative estimate of drug-likeness (QED) is 0.743. The maximum atomic E-state index is 12.4. The van der Waals surface area contributed by atoms with E-state index < -0.39 is 0 Å². The fourth-order valence-corrected chi connectivity index (χ4v) is 3.31. The molecule has 0 bridgehead atoms. The lowest BCUT2D eigenvalue weighted by molar-refractivity contribution is -0.129. The first kappa shape index (κ1) is 16.5. The summed E-state index contributed by atoms with van der Waals surface area (Å²) in [4.78, 5) is 14.4. The fraction of sp³-hybridized carbons (Fsp3) is 0.450. The Labute approximate surface area is 134 Å². The molecule has 0 spiro atoms. The molecule has 0 radical (unpaired) electrons. The zero-order valence-corrected chi connectivity index (χ0v) is 14.4. The highest BCUT2D eigenvalue weighted by atomic mass is 16.2. The van der Waals surface area contributed by atoms with Crippen LogP contribution in [0.1, 0.15) is 52.2 Å². The molecule has 2 heteroatoms. The number of hydrogen-bond acceptors (Lipinski definition) is 1. The predicted octanol–water partition coefficient (Wildman–Crippen LogP) is 4.61. The molecular formula is C20H27NO. The molecule has 1 aromatic carbocycles. The van der Waals surface area contributed by atoms with Gasteiger partial charge in [0.15, 0.2) is 0 Å². The van der Waals surface area contributed by atoms with Crippen LogP contribution in [-0.2, 0) is 11.2 Å². The van der Waals surface area contributed by atoms with Gasteiger partial charge in [0, 0.05) is 18.2 Å². The molecule has 1 aliphatic rings. The molecule has 0 aliphatic heterocycles. The molecule has 0 saturated heterocycles. The van der Waals surface area contributed by atoms with Gasteiger partial charge in [-0.25, -0.2) is 0 Å². The van der Waals surface area contributed by atoms with Crippen molar-refractivity contribution in [3.63, 3.8) is 0 Å². The van der Waals surface area contributed by atoms with Crippen molar-refractivity contribution < 1.29 is 4.79 Å². The summed E-state index contributed by atoms with van der Waals surface area (Å²) in [6, 6.07) is 9.00. The summed E-state index contributed by atoms with van der Waals surface area (Å²) in [6.45, 7) is 10.4. The van der Waals surface area contributed by atoms with Crippen LogP contribution >= 0.6 is 0 Å². The summed E-state index contributed by atoms with van der Waals surface area (Å²) >= 11 is 0. The Balaban J connectivity index is 2.22. The van der Waals surface area contributed by atoms with Crippen LogP contribution in [0.15, 0.2) is 42.0 Å². The number of benzene rings is 1. The van der Waals surface area contributed by atoms with Crippen LogP contribution in [0.25, 0.3) is 5.57 Å². The molecule has 0 fully saturated rings. The second-order valence-electron chi connectivity index (χ2n) is 6.57. The lowest BCUT2D eigenvalue weighted by atomic mass is 9.86. The molecule has 0 heterocycles. The van der Waals surface area contributed by atoms with Gasteiger partial charge in [-0.3, -0.25) is 4.79 Å². The van der Waals surface area contributed by atoms with Crippen molar-refractivity contribution in [2.45, 2.75) is 59.5 Å². The molecule has 1 amide bonds. The van der Waals surface area contributed by atoms with Gasteiger partial charge in [-0.2, -0.15) is 0 Å². The summed E-state index contributed by atoms with van der Waals surface area (Å²) in [5, 5.41) is 0. The van der Waals surface area contributed by atoms with Crippen molar-refractivity contribution >= 4 is 11.5 Å². The standard InChI is InChI=1S/C20H27NO/c1-14(2)21(15(3)4)20(22)13-12-17-10-11-18-8-6-7-9-19(18)16(17)5/h6-9,12-15H,10-11H2,1-5H3. The SMILES string of the molecule is CC1=C(C=CC(=O)N(C(C)C)C(C)C)CCc2ccccc21. The number of fused-ring (bicyclic) bond motifs is 1. The van der Waals surface area contributed by atoms with Crippen LogP contribution in [0.3, 0.4) is 0 Å². The van der Waals surface area contributed by atoms with E-state index in [9.17, 15) is 4.79 Å². The minimum absolute atomic E-state index is 0.101. The van der Waals surface area contributed by atoms with Crippen LogP contribution in [0.4, 0.5) is 0 Å². The first-order chi connectivity index (χ1) is 10.4. The minimum atomic E-state index is 0.101. The van der Waals surface area contributed by atoms with E-state index in [2.05, 4.69) is 58.9 Å². The second kappa shape index (κ2) is 6.95. The molecule has 0 unspecified atom stereocenters. The smallest absolute Gasteiger partial charge is 0.247 e. The Bertz CT molecular complexity index is 600. The van der Waals surface area contributed by atoms with Crippen molar-refractivity contribution in [3.05, 3.63) is 53.1 Å². The van der Waals surface area contributed by atoms with E-state index in [1.54, 1.807) is 6.08 Å². The molecule has 0 atom stereocenters. The van der Waals surface area contributed by atoms with Crippen molar-refractivity contribution in [2.75, 3.05) is 0 Å². The second-order valence-corrected chi connectivity index (χ2v) is 6.57. The third kappa shape index (κ3) is 3.49. The van der Waals surface area contributed by atoms with Crippen LogP contribution in [0.5, 0.6) is 0 Å². The average Bonchev–Trinajstić information content (AvgIpc) is 2.46. The van der Waals surface area contributed by atoms with Gasteiger partial charge in [0.2, 0.25) is 5.91 Å². The van der Waals surface area contributed by atoms with Crippen molar-refractivity contribution in [1.29, 1.82) is 0 Å². The molecule has 118 valence electrons. The van der Waals surface area contributed by atoms with Gasteiger partial charge >= 0.3 is 0 Å². The number of carbonyl (C=O) groups is 1. The number of amides is 1. The molecule has 0 saturated carbocycles. The van der Waals surface area contributed by atoms with Gasteiger partial charge in [-0.1, -0.05) is 30.3 Å². The topological polar surface area (TPSA) is 20.3 Å². The number of aryl methyl sites for hydroxylation is 1. The van der Waals surface area contributed by atoms with Crippen molar-refractivity contribution in [2.24, 2.45) is 0 Å². The summed E-state index contributed by atoms with van der Waals surface area (Å²) < 4.78 is 0. The number of carbonyl (C=O) groups excluding carboxylic acids is 1. The lowest BCUT2D eigenvalue weighted by Gasteiger charge is -2.29. The largest absolute Gasteiger partial charge is 0.334 e. The number of hydrogen-bond donors (Lipinski definition) is 0. The van der Waals surface area contributed by atoms with Gasteiger partial charge in [0.05, 0.1) is 0 Å². The average molecular weight is 297 g/mol. The van der Waals surface area contributed by atoms with Gasteiger partial charge < -0.3 is 4.90 Å². The van der Waals surface area contributed by atoms with Crippen LogP contribution in [-0.4, -0.2) is 22.9 Å². The molecule has 1 aliphatic carbocycles. The van der Waals surface area contributed by atoms with Crippen LogP contribution in [0, 0.1) is 0 Å². The summed E-state index contributed by atoms with van der Waals surface area (Å²) in [7, 11) is 0. The Morgan fingerprint density at radius 1 is 1.09 bits per heavy atom.